The van der Waals surface area contributed by atoms with Crippen molar-refractivity contribution in [2.24, 2.45) is 0 Å². The van der Waals surface area contributed by atoms with E-state index < -0.39 is 5.25 Å². The summed E-state index contributed by atoms with van der Waals surface area (Å²) in [5.41, 5.74) is 4.61. The summed E-state index contributed by atoms with van der Waals surface area (Å²) in [4.78, 5) is 30.8. The van der Waals surface area contributed by atoms with Crippen molar-refractivity contribution < 1.29 is 9.59 Å². The van der Waals surface area contributed by atoms with Crippen LogP contribution < -0.4 is 10.6 Å². The SMILES string of the molecule is C[C@@H](Sc1nnnn1Cc1ccccc1)C(=O)Nc1ccc2nc(SCC(=O)NC(c3ccccc3)c3ccccc3)sc2c1. The Hall–Kier alpha value is -4.52. The highest BCUT2D eigenvalue weighted by atomic mass is 32.2. The number of hydrogen-bond acceptors (Lipinski definition) is 9. The Morgan fingerprint density at radius 2 is 1.56 bits per heavy atom. The predicted octanol–water partition coefficient (Wildman–Crippen LogP) is 6.45. The lowest BCUT2D eigenvalue weighted by molar-refractivity contribution is -0.119. The van der Waals surface area contributed by atoms with Gasteiger partial charge in [0.2, 0.25) is 17.0 Å². The van der Waals surface area contributed by atoms with Crippen LogP contribution >= 0.6 is 34.9 Å². The number of amides is 2. The third kappa shape index (κ3) is 7.96. The summed E-state index contributed by atoms with van der Waals surface area (Å²) in [7, 11) is 0. The molecule has 2 aromatic heterocycles. The van der Waals surface area contributed by atoms with Gasteiger partial charge in [0, 0.05) is 5.69 Å². The van der Waals surface area contributed by atoms with Gasteiger partial charge in [-0.25, -0.2) is 9.67 Å². The van der Waals surface area contributed by atoms with Crippen molar-refractivity contribution in [2.45, 2.75) is 34.3 Å². The van der Waals surface area contributed by atoms with Crippen molar-refractivity contribution in [3.05, 3.63) is 126 Å². The quantitative estimate of drug-likeness (QED) is 0.145. The molecule has 6 rings (SSSR count). The molecule has 226 valence electrons. The Balaban J connectivity index is 1.05. The number of anilines is 1. The van der Waals surface area contributed by atoms with Crippen molar-refractivity contribution in [2.75, 3.05) is 11.1 Å². The molecular weight excluding hydrogens is 623 g/mol. The smallest absolute Gasteiger partial charge is 0.237 e. The molecule has 45 heavy (non-hydrogen) atoms. The number of aromatic nitrogens is 5. The topological polar surface area (TPSA) is 115 Å². The van der Waals surface area contributed by atoms with Gasteiger partial charge in [0.05, 0.1) is 33.8 Å². The molecule has 0 aliphatic heterocycles. The zero-order chi connectivity index (χ0) is 31.0. The van der Waals surface area contributed by atoms with Gasteiger partial charge in [-0.3, -0.25) is 9.59 Å². The van der Waals surface area contributed by atoms with Crippen LogP contribution in [0.5, 0.6) is 0 Å². The number of rotatable bonds is 12. The van der Waals surface area contributed by atoms with Gasteiger partial charge in [-0.15, -0.1) is 16.4 Å². The van der Waals surface area contributed by atoms with Gasteiger partial charge in [-0.2, -0.15) is 0 Å². The summed E-state index contributed by atoms with van der Waals surface area (Å²) in [6.07, 6.45) is 0. The molecule has 4 aromatic carbocycles. The summed E-state index contributed by atoms with van der Waals surface area (Å²) >= 11 is 4.20. The molecule has 6 aromatic rings. The van der Waals surface area contributed by atoms with E-state index in [2.05, 4.69) is 31.1 Å². The third-order valence-electron chi connectivity index (χ3n) is 6.86. The van der Waals surface area contributed by atoms with E-state index in [0.29, 0.717) is 17.4 Å². The first kappa shape index (κ1) is 30.5. The molecule has 0 unspecified atom stereocenters. The summed E-state index contributed by atoms with van der Waals surface area (Å²) in [6.45, 7) is 2.35. The Morgan fingerprint density at radius 3 is 2.24 bits per heavy atom. The summed E-state index contributed by atoms with van der Waals surface area (Å²) in [5.74, 6) is -0.0000778. The summed E-state index contributed by atoms with van der Waals surface area (Å²) < 4.78 is 3.40. The van der Waals surface area contributed by atoms with E-state index in [-0.39, 0.29) is 23.6 Å². The number of hydrogen-bond donors (Lipinski definition) is 2. The van der Waals surface area contributed by atoms with E-state index in [0.717, 1.165) is 31.2 Å². The molecule has 0 bridgehead atoms. The zero-order valence-electron chi connectivity index (χ0n) is 24.2. The van der Waals surface area contributed by atoms with Gasteiger partial charge < -0.3 is 10.6 Å². The zero-order valence-corrected chi connectivity index (χ0v) is 26.7. The number of nitrogens with zero attached hydrogens (tertiary/aromatic N) is 5. The fourth-order valence-electron chi connectivity index (χ4n) is 4.61. The summed E-state index contributed by atoms with van der Waals surface area (Å²) in [5, 5.41) is 18.3. The minimum Gasteiger partial charge on any atom is -0.344 e. The van der Waals surface area contributed by atoms with Crippen molar-refractivity contribution >= 4 is 62.6 Å². The Morgan fingerprint density at radius 1 is 0.889 bits per heavy atom. The second-order valence-electron chi connectivity index (χ2n) is 10.1. The van der Waals surface area contributed by atoms with Gasteiger partial charge in [0.15, 0.2) is 4.34 Å². The van der Waals surface area contributed by atoms with Crippen molar-refractivity contribution in [3.8, 4) is 0 Å². The first-order valence-electron chi connectivity index (χ1n) is 14.2. The fourth-order valence-corrected chi connectivity index (χ4v) is 7.32. The van der Waals surface area contributed by atoms with E-state index in [4.69, 9.17) is 0 Å². The molecule has 2 N–H and O–H groups in total. The number of carbonyl (C=O) groups is 2. The number of tetrazole rings is 1. The monoisotopic (exact) mass is 651 g/mol. The maximum absolute atomic E-state index is 13.0. The molecule has 12 heteroatoms. The van der Waals surface area contributed by atoms with Gasteiger partial charge in [0.1, 0.15) is 0 Å². The third-order valence-corrected chi connectivity index (χ3v) is 10.1. The molecule has 0 aliphatic rings. The van der Waals surface area contributed by atoms with Crippen LogP contribution in [0.3, 0.4) is 0 Å². The van der Waals surface area contributed by atoms with Gasteiger partial charge in [-0.05, 0) is 52.2 Å². The predicted molar refractivity (Wildman–Crippen MR) is 181 cm³/mol. The maximum Gasteiger partial charge on any atom is 0.237 e. The molecule has 0 spiro atoms. The molecule has 0 saturated carbocycles. The fraction of sp³-hybridized carbons (Fsp3) is 0.152. The number of thiazole rings is 1. The van der Waals surface area contributed by atoms with Crippen LogP contribution in [0.2, 0.25) is 0 Å². The molecule has 0 saturated heterocycles. The number of thioether (sulfide) groups is 2. The Bertz CT molecular complexity index is 1840. The molecule has 1 atom stereocenters. The van der Waals surface area contributed by atoms with Crippen LogP contribution in [0.4, 0.5) is 5.69 Å². The highest BCUT2D eigenvalue weighted by Crippen LogP contribution is 2.32. The van der Waals surface area contributed by atoms with Crippen molar-refractivity contribution in [1.82, 2.24) is 30.5 Å². The lowest BCUT2D eigenvalue weighted by Gasteiger charge is -2.19. The second kappa shape index (κ2) is 14.5. The van der Waals surface area contributed by atoms with Crippen LogP contribution in [0.15, 0.2) is 119 Å². The lowest BCUT2D eigenvalue weighted by atomic mass is 9.99. The molecule has 0 radical (unpaired) electrons. The van der Waals surface area contributed by atoms with Crippen LogP contribution in [0, 0.1) is 0 Å². The summed E-state index contributed by atoms with van der Waals surface area (Å²) in [6, 6.07) is 35.2. The largest absolute Gasteiger partial charge is 0.344 e. The van der Waals surface area contributed by atoms with E-state index >= 15 is 0 Å². The molecule has 2 heterocycles. The van der Waals surface area contributed by atoms with Gasteiger partial charge in [-0.1, -0.05) is 115 Å². The normalized spacial score (nSPS) is 11.9. The van der Waals surface area contributed by atoms with Crippen molar-refractivity contribution in [3.63, 3.8) is 0 Å². The van der Waals surface area contributed by atoms with Crippen LogP contribution in [-0.2, 0) is 16.1 Å². The Kier molecular flexibility index (Phi) is 9.83. The minimum absolute atomic E-state index is 0.0776. The average Bonchev–Trinajstić information content (AvgIpc) is 3.69. The highest BCUT2D eigenvalue weighted by molar-refractivity contribution is 8.01. The first-order chi connectivity index (χ1) is 22.0. The standard InChI is InChI=1S/C33H29N7O2S3/c1-22(44-32-37-38-39-40(32)20-23-11-5-2-6-12-23)31(42)34-26-17-18-27-28(19-26)45-33(35-27)43-21-29(41)36-30(24-13-7-3-8-14-24)25-15-9-4-10-16-25/h2-19,22,30H,20-21H2,1H3,(H,34,42)(H,36,41)/t22-/m1/s1. The number of fused-ring (bicyclic) bond motifs is 1. The van der Waals surface area contributed by atoms with E-state index in [1.807, 2.05) is 116 Å². The van der Waals surface area contributed by atoms with Crippen LogP contribution in [0.25, 0.3) is 10.2 Å². The average molecular weight is 652 g/mol. The molecule has 0 fully saturated rings. The molecular formula is C33H29N7O2S3. The van der Waals surface area contributed by atoms with E-state index in [1.54, 1.807) is 4.68 Å². The minimum atomic E-state index is -0.428. The number of nitrogens with one attached hydrogen (secondary N) is 2. The number of carbonyl (C=O) groups excluding carboxylic acids is 2. The molecule has 9 nitrogen and oxygen atoms in total. The lowest BCUT2D eigenvalue weighted by Crippen LogP contribution is -2.30. The van der Waals surface area contributed by atoms with E-state index in [1.165, 1.54) is 34.9 Å². The maximum atomic E-state index is 13.0. The van der Waals surface area contributed by atoms with Crippen molar-refractivity contribution in [1.29, 1.82) is 0 Å². The second-order valence-corrected chi connectivity index (χ2v) is 13.7. The first-order valence-corrected chi connectivity index (χ1v) is 16.9. The van der Waals surface area contributed by atoms with Gasteiger partial charge in [0.25, 0.3) is 0 Å². The molecule has 2 amide bonds. The van der Waals surface area contributed by atoms with E-state index in [9.17, 15) is 9.59 Å². The highest BCUT2D eigenvalue weighted by Gasteiger charge is 2.20. The van der Waals surface area contributed by atoms with Crippen LogP contribution in [-0.4, -0.2) is 48.0 Å². The molecule has 0 aliphatic carbocycles. The van der Waals surface area contributed by atoms with Crippen LogP contribution in [0.1, 0.15) is 29.7 Å². The van der Waals surface area contributed by atoms with Gasteiger partial charge >= 0.3 is 0 Å². The number of benzene rings is 4. The Labute approximate surface area is 272 Å².